The predicted molar refractivity (Wildman–Crippen MR) is 64.9 cm³/mol. The minimum atomic E-state index is 0.380. The highest BCUT2D eigenvalue weighted by Gasteiger charge is 1.98. The van der Waals surface area contributed by atoms with Crippen molar-refractivity contribution in [2.75, 3.05) is 19.5 Å². The number of alkyl halides is 1. The van der Waals surface area contributed by atoms with Crippen LogP contribution in [0.2, 0.25) is 0 Å². The molecule has 0 aliphatic carbocycles. The van der Waals surface area contributed by atoms with E-state index in [1.165, 1.54) is 5.56 Å². The van der Waals surface area contributed by atoms with Crippen molar-refractivity contribution in [1.82, 2.24) is 5.32 Å². The quantitative estimate of drug-likeness (QED) is 0.754. The molecular weight excluding hydrogens is 210 g/mol. The van der Waals surface area contributed by atoms with E-state index >= 15 is 0 Å². The molecule has 0 aromatic heterocycles. The maximum atomic E-state index is 5.69. The number of benzene rings is 1. The lowest BCUT2D eigenvalue weighted by Gasteiger charge is -2.10. The second-order valence-electron chi connectivity index (χ2n) is 3.61. The Morgan fingerprint density at radius 2 is 2.00 bits per heavy atom. The summed E-state index contributed by atoms with van der Waals surface area (Å²) in [5, 5.41) is 3.35. The van der Waals surface area contributed by atoms with E-state index in [1.54, 1.807) is 7.11 Å². The van der Waals surface area contributed by atoms with Gasteiger partial charge in [0, 0.05) is 11.9 Å². The first kappa shape index (κ1) is 12.3. The maximum absolute atomic E-state index is 5.69. The van der Waals surface area contributed by atoms with Gasteiger partial charge in [0.2, 0.25) is 0 Å². The van der Waals surface area contributed by atoms with Crippen LogP contribution in [0, 0.1) is 0 Å². The molecule has 0 amide bonds. The molecule has 0 saturated heterocycles. The summed E-state index contributed by atoms with van der Waals surface area (Å²) in [7, 11) is 1.68. The normalized spacial score (nSPS) is 12.5. The SMILES string of the molecule is COc1ccc(CCNC(C)CCl)cc1. The van der Waals surface area contributed by atoms with Crippen LogP contribution in [-0.2, 0) is 6.42 Å². The van der Waals surface area contributed by atoms with Crippen molar-refractivity contribution < 1.29 is 4.74 Å². The molecule has 2 nitrogen and oxygen atoms in total. The topological polar surface area (TPSA) is 21.3 Å². The summed E-state index contributed by atoms with van der Waals surface area (Å²) in [6, 6.07) is 8.53. The average molecular weight is 228 g/mol. The third kappa shape index (κ3) is 4.54. The number of hydrogen-bond donors (Lipinski definition) is 1. The van der Waals surface area contributed by atoms with Crippen molar-refractivity contribution >= 4 is 11.6 Å². The lowest BCUT2D eigenvalue weighted by atomic mass is 10.1. The summed E-state index contributed by atoms with van der Waals surface area (Å²) in [6.45, 7) is 3.04. The molecule has 0 heterocycles. The first-order valence-electron chi connectivity index (χ1n) is 5.18. The van der Waals surface area contributed by atoms with E-state index in [-0.39, 0.29) is 0 Å². The Bertz CT molecular complexity index is 273. The van der Waals surface area contributed by atoms with Crippen molar-refractivity contribution in [2.45, 2.75) is 19.4 Å². The summed E-state index contributed by atoms with van der Waals surface area (Å²) >= 11 is 5.69. The van der Waals surface area contributed by atoms with E-state index in [2.05, 4.69) is 24.4 Å². The number of nitrogens with one attached hydrogen (secondary N) is 1. The largest absolute Gasteiger partial charge is 0.497 e. The Kier molecular flexibility index (Phi) is 5.51. The van der Waals surface area contributed by atoms with Gasteiger partial charge in [0.25, 0.3) is 0 Å². The van der Waals surface area contributed by atoms with Crippen LogP contribution in [0.1, 0.15) is 12.5 Å². The molecule has 15 heavy (non-hydrogen) atoms. The number of hydrogen-bond acceptors (Lipinski definition) is 2. The molecule has 1 atom stereocenters. The van der Waals surface area contributed by atoms with Gasteiger partial charge in [-0.1, -0.05) is 12.1 Å². The third-order valence-electron chi connectivity index (χ3n) is 2.30. The molecule has 1 rings (SSSR count). The molecule has 0 aliphatic heterocycles. The van der Waals surface area contributed by atoms with E-state index in [1.807, 2.05) is 12.1 Å². The van der Waals surface area contributed by atoms with Crippen molar-refractivity contribution in [2.24, 2.45) is 0 Å². The summed E-state index contributed by atoms with van der Waals surface area (Å²) in [4.78, 5) is 0. The highest BCUT2D eigenvalue weighted by atomic mass is 35.5. The van der Waals surface area contributed by atoms with E-state index in [4.69, 9.17) is 16.3 Å². The number of methoxy groups -OCH3 is 1. The second-order valence-corrected chi connectivity index (χ2v) is 3.92. The minimum absolute atomic E-state index is 0.380. The molecule has 1 aromatic carbocycles. The summed E-state index contributed by atoms with van der Waals surface area (Å²) in [5.41, 5.74) is 1.31. The van der Waals surface area contributed by atoms with Crippen LogP contribution < -0.4 is 10.1 Å². The molecule has 84 valence electrons. The molecule has 0 saturated carbocycles. The zero-order valence-corrected chi connectivity index (χ0v) is 10.1. The molecule has 0 radical (unpaired) electrons. The van der Waals surface area contributed by atoms with Crippen LogP contribution in [0.5, 0.6) is 5.75 Å². The summed E-state index contributed by atoms with van der Waals surface area (Å²) in [5.74, 6) is 1.56. The Morgan fingerprint density at radius 1 is 1.33 bits per heavy atom. The van der Waals surface area contributed by atoms with Crippen LogP contribution in [0.15, 0.2) is 24.3 Å². The first-order valence-corrected chi connectivity index (χ1v) is 5.72. The van der Waals surface area contributed by atoms with Gasteiger partial charge in [-0.3, -0.25) is 0 Å². The van der Waals surface area contributed by atoms with Crippen LogP contribution in [-0.4, -0.2) is 25.6 Å². The smallest absolute Gasteiger partial charge is 0.118 e. The summed E-state index contributed by atoms with van der Waals surface area (Å²) < 4.78 is 5.10. The fourth-order valence-corrected chi connectivity index (χ4v) is 1.42. The second kappa shape index (κ2) is 6.70. The van der Waals surface area contributed by atoms with Crippen LogP contribution in [0.25, 0.3) is 0 Å². The zero-order chi connectivity index (χ0) is 11.1. The zero-order valence-electron chi connectivity index (χ0n) is 9.29. The van der Waals surface area contributed by atoms with E-state index in [9.17, 15) is 0 Å². The minimum Gasteiger partial charge on any atom is -0.497 e. The molecule has 1 N–H and O–H groups in total. The number of rotatable bonds is 6. The average Bonchev–Trinajstić information content (AvgIpc) is 2.29. The van der Waals surface area contributed by atoms with Gasteiger partial charge in [-0.2, -0.15) is 0 Å². The lowest BCUT2D eigenvalue weighted by molar-refractivity contribution is 0.414. The monoisotopic (exact) mass is 227 g/mol. The number of ether oxygens (including phenoxy) is 1. The Morgan fingerprint density at radius 3 is 2.53 bits per heavy atom. The predicted octanol–water partition coefficient (Wildman–Crippen LogP) is 2.45. The van der Waals surface area contributed by atoms with Crippen molar-refractivity contribution in [1.29, 1.82) is 0 Å². The highest BCUT2D eigenvalue weighted by molar-refractivity contribution is 6.18. The molecular formula is C12H18ClNO. The highest BCUT2D eigenvalue weighted by Crippen LogP contribution is 2.11. The fraction of sp³-hybridized carbons (Fsp3) is 0.500. The van der Waals surface area contributed by atoms with E-state index in [0.29, 0.717) is 11.9 Å². The van der Waals surface area contributed by atoms with Gasteiger partial charge < -0.3 is 10.1 Å². The van der Waals surface area contributed by atoms with Gasteiger partial charge in [0.05, 0.1) is 7.11 Å². The third-order valence-corrected chi connectivity index (χ3v) is 2.76. The van der Waals surface area contributed by atoms with Gasteiger partial charge in [-0.15, -0.1) is 11.6 Å². The van der Waals surface area contributed by atoms with Crippen molar-refractivity contribution in [3.05, 3.63) is 29.8 Å². The van der Waals surface area contributed by atoms with Gasteiger partial charge in [-0.05, 0) is 37.6 Å². The number of halogens is 1. The van der Waals surface area contributed by atoms with Crippen LogP contribution >= 0.6 is 11.6 Å². The summed E-state index contributed by atoms with van der Waals surface area (Å²) in [6.07, 6.45) is 1.02. The van der Waals surface area contributed by atoms with Crippen LogP contribution in [0.3, 0.4) is 0 Å². The van der Waals surface area contributed by atoms with Gasteiger partial charge in [-0.25, -0.2) is 0 Å². The lowest BCUT2D eigenvalue weighted by Crippen LogP contribution is -2.29. The van der Waals surface area contributed by atoms with E-state index < -0.39 is 0 Å². The Labute approximate surface area is 96.6 Å². The molecule has 3 heteroatoms. The standard InChI is InChI=1S/C12H18ClNO/c1-10(9-13)14-8-7-11-3-5-12(15-2)6-4-11/h3-6,10,14H,7-9H2,1-2H3. The van der Waals surface area contributed by atoms with Crippen molar-refractivity contribution in [3.63, 3.8) is 0 Å². The van der Waals surface area contributed by atoms with Gasteiger partial charge in [0.15, 0.2) is 0 Å². The van der Waals surface area contributed by atoms with Crippen molar-refractivity contribution in [3.8, 4) is 5.75 Å². The molecule has 1 aromatic rings. The molecule has 0 spiro atoms. The maximum Gasteiger partial charge on any atom is 0.118 e. The fourth-order valence-electron chi connectivity index (χ4n) is 1.31. The van der Waals surface area contributed by atoms with Crippen LogP contribution in [0.4, 0.5) is 0 Å². The Hall–Kier alpha value is -0.730. The molecule has 0 aliphatic rings. The van der Waals surface area contributed by atoms with Gasteiger partial charge >= 0.3 is 0 Å². The van der Waals surface area contributed by atoms with Gasteiger partial charge in [0.1, 0.15) is 5.75 Å². The van der Waals surface area contributed by atoms with E-state index in [0.717, 1.165) is 18.7 Å². The Balaban J connectivity index is 2.31. The molecule has 0 bridgehead atoms. The molecule has 1 unspecified atom stereocenters. The molecule has 0 fully saturated rings. The first-order chi connectivity index (χ1) is 7.26.